The molecule has 0 aliphatic carbocycles. The highest BCUT2D eigenvalue weighted by atomic mass is 16.5. The van der Waals surface area contributed by atoms with E-state index in [1.807, 2.05) is 12.3 Å². The average molecular weight is 214 g/mol. The van der Waals surface area contributed by atoms with Gasteiger partial charge in [0.1, 0.15) is 6.61 Å². The monoisotopic (exact) mass is 214 g/mol. The van der Waals surface area contributed by atoms with Gasteiger partial charge in [0.05, 0.1) is 25.0 Å². The number of hydrogen-bond acceptors (Lipinski definition) is 3. The number of rotatable bonds is 2. The lowest BCUT2D eigenvalue weighted by Crippen LogP contribution is -2.32. The molecule has 0 N–H and O–H groups in total. The highest BCUT2D eigenvalue weighted by molar-refractivity contribution is 5.80. The standard InChI is InChI=1S/C13H14N2O/c1-2-4-11(5-3-1)10-15-6-7-16-13-9-14-8-12(13)15/h1-5,9H,6-8,10H2. The fourth-order valence-electron chi connectivity index (χ4n) is 2.12. The Morgan fingerprint density at radius 1 is 1.25 bits per heavy atom. The lowest BCUT2D eigenvalue weighted by molar-refractivity contribution is 0.143. The molecule has 0 saturated heterocycles. The summed E-state index contributed by atoms with van der Waals surface area (Å²) >= 11 is 0. The van der Waals surface area contributed by atoms with Gasteiger partial charge in [-0.1, -0.05) is 30.3 Å². The van der Waals surface area contributed by atoms with Crippen molar-refractivity contribution in [2.24, 2.45) is 4.99 Å². The zero-order chi connectivity index (χ0) is 10.8. The van der Waals surface area contributed by atoms with E-state index in [0.29, 0.717) is 0 Å². The maximum Gasteiger partial charge on any atom is 0.158 e. The normalized spacial score (nSPS) is 18.6. The maximum absolute atomic E-state index is 5.56. The van der Waals surface area contributed by atoms with Crippen molar-refractivity contribution >= 4 is 6.21 Å². The molecule has 2 aliphatic heterocycles. The summed E-state index contributed by atoms with van der Waals surface area (Å²) < 4.78 is 5.56. The minimum Gasteiger partial charge on any atom is -0.488 e. The van der Waals surface area contributed by atoms with Gasteiger partial charge in [0.25, 0.3) is 0 Å². The molecular weight excluding hydrogens is 200 g/mol. The Labute approximate surface area is 95.1 Å². The van der Waals surface area contributed by atoms with E-state index in [0.717, 1.165) is 32.0 Å². The van der Waals surface area contributed by atoms with Crippen LogP contribution in [0.3, 0.4) is 0 Å². The van der Waals surface area contributed by atoms with Crippen molar-refractivity contribution in [1.82, 2.24) is 4.90 Å². The summed E-state index contributed by atoms with van der Waals surface area (Å²) in [5.74, 6) is 0.960. The highest BCUT2D eigenvalue weighted by Gasteiger charge is 2.22. The highest BCUT2D eigenvalue weighted by Crippen LogP contribution is 2.22. The van der Waals surface area contributed by atoms with Crippen LogP contribution in [0, 0.1) is 0 Å². The Morgan fingerprint density at radius 3 is 3.00 bits per heavy atom. The Kier molecular flexibility index (Phi) is 2.37. The molecule has 0 saturated carbocycles. The molecule has 0 unspecified atom stereocenters. The molecule has 0 radical (unpaired) electrons. The smallest absolute Gasteiger partial charge is 0.158 e. The first-order chi connectivity index (χ1) is 7.93. The SMILES string of the molecule is C1=NCC2=C1OCCN2Cc1ccccc1. The molecule has 0 fully saturated rings. The zero-order valence-electron chi connectivity index (χ0n) is 9.10. The van der Waals surface area contributed by atoms with Crippen molar-refractivity contribution in [3.8, 4) is 0 Å². The van der Waals surface area contributed by atoms with Crippen LogP contribution in [0.15, 0.2) is 46.8 Å². The van der Waals surface area contributed by atoms with Gasteiger partial charge in [-0.15, -0.1) is 0 Å². The van der Waals surface area contributed by atoms with Crippen molar-refractivity contribution in [2.45, 2.75) is 6.54 Å². The first-order valence-corrected chi connectivity index (χ1v) is 5.58. The van der Waals surface area contributed by atoms with Crippen LogP contribution in [0.4, 0.5) is 0 Å². The third kappa shape index (κ3) is 1.69. The largest absolute Gasteiger partial charge is 0.488 e. The van der Waals surface area contributed by atoms with Crippen LogP contribution in [0.5, 0.6) is 0 Å². The summed E-state index contributed by atoms with van der Waals surface area (Å²) in [6.07, 6.45) is 1.84. The number of hydrogen-bond donors (Lipinski definition) is 0. The Bertz CT molecular complexity index is 437. The molecule has 3 heteroatoms. The van der Waals surface area contributed by atoms with Crippen LogP contribution in [0.2, 0.25) is 0 Å². The van der Waals surface area contributed by atoms with Crippen molar-refractivity contribution in [3.63, 3.8) is 0 Å². The number of ether oxygens (including phenoxy) is 1. The molecule has 0 aromatic heterocycles. The third-order valence-electron chi connectivity index (χ3n) is 2.95. The van der Waals surface area contributed by atoms with Gasteiger partial charge in [0.2, 0.25) is 0 Å². The van der Waals surface area contributed by atoms with Crippen molar-refractivity contribution in [1.29, 1.82) is 0 Å². The van der Waals surface area contributed by atoms with Crippen molar-refractivity contribution < 1.29 is 4.74 Å². The Balaban J connectivity index is 1.79. The average Bonchev–Trinajstić information content (AvgIpc) is 2.80. The molecule has 3 nitrogen and oxygen atoms in total. The van der Waals surface area contributed by atoms with Crippen LogP contribution >= 0.6 is 0 Å². The van der Waals surface area contributed by atoms with Gasteiger partial charge < -0.3 is 9.64 Å². The van der Waals surface area contributed by atoms with E-state index < -0.39 is 0 Å². The Morgan fingerprint density at radius 2 is 2.12 bits per heavy atom. The van der Waals surface area contributed by atoms with Gasteiger partial charge in [0.15, 0.2) is 5.76 Å². The molecule has 82 valence electrons. The molecule has 0 amide bonds. The number of allylic oxidation sites excluding steroid dienone is 1. The second kappa shape index (κ2) is 4.00. The van der Waals surface area contributed by atoms with Crippen LogP contribution < -0.4 is 0 Å². The first-order valence-electron chi connectivity index (χ1n) is 5.58. The molecule has 0 spiro atoms. The lowest BCUT2D eigenvalue weighted by atomic mass is 10.2. The van der Waals surface area contributed by atoms with E-state index in [1.165, 1.54) is 11.3 Å². The fraction of sp³-hybridized carbons (Fsp3) is 0.308. The molecular formula is C13H14N2O. The van der Waals surface area contributed by atoms with E-state index in [1.54, 1.807) is 0 Å². The van der Waals surface area contributed by atoms with Gasteiger partial charge >= 0.3 is 0 Å². The van der Waals surface area contributed by atoms with E-state index in [9.17, 15) is 0 Å². The lowest BCUT2D eigenvalue weighted by Gasteiger charge is -2.30. The van der Waals surface area contributed by atoms with Crippen LogP contribution in [-0.4, -0.2) is 30.8 Å². The molecule has 2 heterocycles. The summed E-state index contributed by atoms with van der Waals surface area (Å²) in [5.41, 5.74) is 2.57. The second-order valence-electron chi connectivity index (χ2n) is 4.04. The second-order valence-corrected chi connectivity index (χ2v) is 4.04. The van der Waals surface area contributed by atoms with E-state index >= 15 is 0 Å². The van der Waals surface area contributed by atoms with Crippen molar-refractivity contribution in [2.75, 3.05) is 19.7 Å². The molecule has 1 aromatic rings. The number of benzene rings is 1. The number of nitrogens with zero attached hydrogens (tertiary/aromatic N) is 2. The van der Waals surface area contributed by atoms with Crippen LogP contribution in [0.1, 0.15) is 5.56 Å². The minimum atomic E-state index is 0.762. The topological polar surface area (TPSA) is 24.8 Å². The van der Waals surface area contributed by atoms with E-state index in [-0.39, 0.29) is 0 Å². The number of aliphatic imine (C=N–C) groups is 1. The molecule has 0 atom stereocenters. The summed E-state index contributed by atoms with van der Waals surface area (Å²) in [4.78, 5) is 6.62. The van der Waals surface area contributed by atoms with Crippen LogP contribution in [0.25, 0.3) is 0 Å². The van der Waals surface area contributed by atoms with Gasteiger partial charge in [-0.2, -0.15) is 0 Å². The summed E-state index contributed by atoms with van der Waals surface area (Å²) in [6, 6.07) is 10.5. The van der Waals surface area contributed by atoms with E-state index in [2.05, 4.69) is 34.2 Å². The quantitative estimate of drug-likeness (QED) is 0.750. The molecule has 2 aliphatic rings. The first kappa shape index (κ1) is 9.46. The molecule has 16 heavy (non-hydrogen) atoms. The van der Waals surface area contributed by atoms with Gasteiger partial charge in [0, 0.05) is 6.54 Å². The van der Waals surface area contributed by atoms with Gasteiger partial charge in [-0.3, -0.25) is 4.99 Å². The van der Waals surface area contributed by atoms with Gasteiger partial charge in [-0.25, -0.2) is 0 Å². The Hall–Kier alpha value is -1.77. The predicted octanol–water partition coefficient (Wildman–Crippen LogP) is 1.81. The minimum absolute atomic E-state index is 0.762. The van der Waals surface area contributed by atoms with Crippen molar-refractivity contribution in [3.05, 3.63) is 47.4 Å². The molecule has 3 rings (SSSR count). The van der Waals surface area contributed by atoms with Gasteiger partial charge in [-0.05, 0) is 5.56 Å². The third-order valence-corrected chi connectivity index (χ3v) is 2.95. The maximum atomic E-state index is 5.56. The molecule has 1 aromatic carbocycles. The summed E-state index contributed by atoms with van der Waals surface area (Å²) in [5, 5.41) is 0. The zero-order valence-corrected chi connectivity index (χ0v) is 9.10. The molecule has 0 bridgehead atoms. The predicted molar refractivity (Wildman–Crippen MR) is 63.2 cm³/mol. The summed E-state index contributed by atoms with van der Waals surface area (Å²) in [7, 11) is 0. The fourth-order valence-corrected chi connectivity index (χ4v) is 2.12. The van der Waals surface area contributed by atoms with Crippen LogP contribution in [-0.2, 0) is 11.3 Å². The summed E-state index contributed by atoms with van der Waals surface area (Å²) in [6.45, 7) is 3.43. The van der Waals surface area contributed by atoms with E-state index in [4.69, 9.17) is 4.74 Å².